The van der Waals surface area contributed by atoms with Gasteiger partial charge in [-0.2, -0.15) is 0 Å². The molecule has 1 aliphatic rings. The molecule has 0 saturated carbocycles. The van der Waals surface area contributed by atoms with E-state index in [1.807, 2.05) is 26.0 Å². The van der Waals surface area contributed by atoms with Crippen molar-refractivity contribution < 1.29 is 9.59 Å². The van der Waals surface area contributed by atoms with Crippen LogP contribution in [0.2, 0.25) is 0 Å². The number of hydrogen-bond acceptors (Lipinski definition) is 4. The van der Waals surface area contributed by atoms with Crippen molar-refractivity contribution in [1.82, 2.24) is 9.97 Å². The monoisotopic (exact) mass is 361 g/mol. The summed E-state index contributed by atoms with van der Waals surface area (Å²) in [6, 6.07) is 10.4. The van der Waals surface area contributed by atoms with Crippen molar-refractivity contribution in [3.05, 3.63) is 69.8 Å². The summed E-state index contributed by atoms with van der Waals surface area (Å²) in [5, 5.41) is 3.55. The Morgan fingerprint density at radius 1 is 1.15 bits per heavy atom. The molecule has 0 saturated heterocycles. The number of fused-ring (bicyclic) bond motifs is 2. The van der Waals surface area contributed by atoms with Gasteiger partial charge in [0.1, 0.15) is 5.56 Å². The Labute approximate surface area is 155 Å². The Balaban J connectivity index is 1.72. The van der Waals surface area contributed by atoms with E-state index in [0.29, 0.717) is 29.8 Å². The predicted molar refractivity (Wildman–Crippen MR) is 103 cm³/mol. The number of nitrogens with zero attached hydrogens (tertiary/aromatic N) is 1. The van der Waals surface area contributed by atoms with Crippen LogP contribution in [0.15, 0.2) is 47.4 Å². The summed E-state index contributed by atoms with van der Waals surface area (Å²) < 4.78 is 0. The fourth-order valence-electron chi connectivity index (χ4n) is 3.60. The van der Waals surface area contributed by atoms with Gasteiger partial charge >= 0.3 is 0 Å². The first-order valence-corrected chi connectivity index (χ1v) is 8.79. The Morgan fingerprint density at radius 3 is 2.78 bits per heavy atom. The molecule has 0 spiro atoms. The van der Waals surface area contributed by atoms with Crippen molar-refractivity contribution in [3.8, 4) is 0 Å². The summed E-state index contributed by atoms with van der Waals surface area (Å²) >= 11 is 0. The van der Waals surface area contributed by atoms with Crippen molar-refractivity contribution in [3.63, 3.8) is 0 Å². The standard InChI is InChI=1S/C21H19N3O3/c1-21(2)10-17-13(18(25)11-21)9-14(20(27)24-17)19(26)23-16-7-3-6-15-12(16)5-4-8-22-15/h3-9H,10-11H2,1-2H3,(H,23,26)(H,24,27). The van der Waals surface area contributed by atoms with E-state index in [1.54, 1.807) is 24.4 Å². The maximum absolute atomic E-state index is 12.7. The zero-order valence-electron chi connectivity index (χ0n) is 15.1. The van der Waals surface area contributed by atoms with Gasteiger partial charge in [-0.1, -0.05) is 19.9 Å². The summed E-state index contributed by atoms with van der Waals surface area (Å²) in [6.45, 7) is 3.97. The lowest BCUT2D eigenvalue weighted by Crippen LogP contribution is -2.32. The van der Waals surface area contributed by atoms with E-state index in [0.717, 1.165) is 10.9 Å². The van der Waals surface area contributed by atoms with E-state index in [9.17, 15) is 14.4 Å². The SMILES string of the molecule is CC1(C)CC(=O)c2cc(C(=O)Nc3cccc4ncccc34)c(=O)[nH]c2C1. The van der Waals surface area contributed by atoms with Crippen LogP contribution in [0.5, 0.6) is 0 Å². The summed E-state index contributed by atoms with van der Waals surface area (Å²) in [4.78, 5) is 44.7. The molecule has 2 N–H and O–H groups in total. The van der Waals surface area contributed by atoms with E-state index in [-0.39, 0.29) is 16.8 Å². The Hall–Kier alpha value is -3.28. The van der Waals surface area contributed by atoms with Crippen molar-refractivity contribution in [2.24, 2.45) is 5.41 Å². The Kier molecular flexibility index (Phi) is 3.91. The van der Waals surface area contributed by atoms with Gasteiger partial charge in [0, 0.05) is 29.3 Å². The minimum absolute atomic E-state index is 0.0547. The molecule has 6 heteroatoms. The third-order valence-corrected chi connectivity index (χ3v) is 4.86. The molecule has 2 heterocycles. The molecule has 0 bridgehead atoms. The van der Waals surface area contributed by atoms with Gasteiger partial charge in [-0.3, -0.25) is 19.4 Å². The number of carbonyl (C=O) groups excluding carboxylic acids is 2. The number of benzene rings is 1. The minimum atomic E-state index is -0.548. The minimum Gasteiger partial charge on any atom is -0.325 e. The number of pyridine rings is 2. The van der Waals surface area contributed by atoms with Gasteiger partial charge in [0.15, 0.2) is 5.78 Å². The zero-order chi connectivity index (χ0) is 19.2. The molecule has 27 heavy (non-hydrogen) atoms. The molecule has 0 radical (unpaired) electrons. The Morgan fingerprint density at radius 2 is 1.96 bits per heavy atom. The summed E-state index contributed by atoms with van der Waals surface area (Å²) in [5.41, 5.74) is 1.58. The summed E-state index contributed by atoms with van der Waals surface area (Å²) in [7, 11) is 0. The fourth-order valence-corrected chi connectivity index (χ4v) is 3.60. The van der Waals surface area contributed by atoms with Crippen molar-refractivity contribution in [2.45, 2.75) is 26.7 Å². The first kappa shape index (κ1) is 17.1. The van der Waals surface area contributed by atoms with Gasteiger partial charge in [-0.25, -0.2) is 0 Å². The predicted octanol–water partition coefficient (Wildman–Crippen LogP) is 3.33. The first-order chi connectivity index (χ1) is 12.8. The van der Waals surface area contributed by atoms with Crippen LogP contribution < -0.4 is 10.9 Å². The van der Waals surface area contributed by atoms with Crippen LogP contribution in [0.4, 0.5) is 5.69 Å². The fraction of sp³-hybridized carbons (Fsp3) is 0.238. The molecule has 0 fully saturated rings. The molecule has 0 aliphatic heterocycles. The topological polar surface area (TPSA) is 91.9 Å². The van der Waals surface area contributed by atoms with Crippen molar-refractivity contribution in [1.29, 1.82) is 0 Å². The number of nitrogens with one attached hydrogen (secondary N) is 2. The molecule has 136 valence electrons. The van der Waals surface area contributed by atoms with Crippen LogP contribution >= 0.6 is 0 Å². The highest BCUT2D eigenvalue weighted by Gasteiger charge is 2.32. The quantitative estimate of drug-likeness (QED) is 0.732. The van der Waals surface area contributed by atoms with Gasteiger partial charge < -0.3 is 10.3 Å². The van der Waals surface area contributed by atoms with Crippen molar-refractivity contribution in [2.75, 3.05) is 5.32 Å². The highest BCUT2D eigenvalue weighted by molar-refractivity contribution is 6.10. The molecule has 2 aromatic heterocycles. The van der Waals surface area contributed by atoms with Crippen molar-refractivity contribution >= 4 is 28.3 Å². The lowest BCUT2D eigenvalue weighted by Gasteiger charge is -2.29. The molecule has 1 aliphatic carbocycles. The number of carbonyl (C=O) groups is 2. The van der Waals surface area contributed by atoms with Crippen LogP contribution in [-0.4, -0.2) is 21.7 Å². The number of aromatic nitrogens is 2. The van der Waals surface area contributed by atoms with Crippen LogP contribution in [0.1, 0.15) is 46.7 Å². The lowest BCUT2D eigenvalue weighted by molar-refractivity contribution is 0.0910. The number of anilines is 1. The second kappa shape index (κ2) is 6.16. The van der Waals surface area contributed by atoms with E-state index in [1.165, 1.54) is 6.07 Å². The maximum atomic E-state index is 12.7. The number of rotatable bonds is 2. The second-order valence-corrected chi connectivity index (χ2v) is 7.68. The average Bonchev–Trinajstić information content (AvgIpc) is 2.60. The number of amides is 1. The molecule has 1 aromatic carbocycles. The highest BCUT2D eigenvalue weighted by Crippen LogP contribution is 2.33. The smallest absolute Gasteiger partial charge is 0.261 e. The molecular weight excluding hydrogens is 342 g/mol. The molecule has 0 atom stereocenters. The Bertz CT molecular complexity index is 1140. The molecule has 1 amide bonds. The van der Waals surface area contributed by atoms with Gasteiger partial charge in [0.25, 0.3) is 11.5 Å². The van der Waals surface area contributed by atoms with Gasteiger partial charge in [-0.15, -0.1) is 0 Å². The van der Waals surface area contributed by atoms with Crippen LogP contribution in [0.3, 0.4) is 0 Å². The van der Waals surface area contributed by atoms with E-state index in [4.69, 9.17) is 0 Å². The van der Waals surface area contributed by atoms with E-state index >= 15 is 0 Å². The van der Waals surface area contributed by atoms with Crippen LogP contribution in [-0.2, 0) is 6.42 Å². The van der Waals surface area contributed by atoms with E-state index < -0.39 is 11.5 Å². The molecular formula is C21H19N3O3. The van der Waals surface area contributed by atoms with Gasteiger partial charge in [0.2, 0.25) is 0 Å². The first-order valence-electron chi connectivity index (χ1n) is 8.79. The van der Waals surface area contributed by atoms with Crippen LogP contribution in [0, 0.1) is 5.41 Å². The van der Waals surface area contributed by atoms with Crippen LogP contribution in [0.25, 0.3) is 10.9 Å². The third-order valence-electron chi connectivity index (χ3n) is 4.86. The molecule has 6 nitrogen and oxygen atoms in total. The zero-order valence-corrected chi connectivity index (χ0v) is 15.1. The number of hydrogen-bond donors (Lipinski definition) is 2. The summed E-state index contributed by atoms with van der Waals surface area (Å²) in [6.07, 6.45) is 2.66. The third kappa shape index (κ3) is 3.14. The van der Waals surface area contributed by atoms with E-state index in [2.05, 4.69) is 15.3 Å². The maximum Gasteiger partial charge on any atom is 0.261 e. The highest BCUT2D eigenvalue weighted by atomic mass is 16.2. The normalized spacial score (nSPS) is 15.4. The number of aromatic amines is 1. The number of ketones is 1. The largest absolute Gasteiger partial charge is 0.325 e. The summed E-state index contributed by atoms with van der Waals surface area (Å²) in [5.74, 6) is -0.603. The average molecular weight is 361 g/mol. The van der Waals surface area contributed by atoms with Gasteiger partial charge in [-0.05, 0) is 42.2 Å². The molecule has 0 unspecified atom stereocenters. The van der Waals surface area contributed by atoms with Gasteiger partial charge in [0.05, 0.1) is 11.2 Å². The lowest BCUT2D eigenvalue weighted by atomic mass is 9.75. The number of Topliss-reactive ketones (excluding diaryl/α,β-unsaturated/α-hetero) is 1. The molecule has 4 rings (SSSR count). The number of H-pyrrole nitrogens is 1. The second-order valence-electron chi connectivity index (χ2n) is 7.68. The molecule has 3 aromatic rings.